The van der Waals surface area contributed by atoms with Crippen molar-refractivity contribution in [2.45, 2.75) is 6.54 Å². The minimum Gasteiger partial charge on any atom is -0.375 e. The van der Waals surface area contributed by atoms with E-state index in [1.54, 1.807) is 0 Å². The van der Waals surface area contributed by atoms with E-state index < -0.39 is 0 Å². The molecule has 0 atom stereocenters. The summed E-state index contributed by atoms with van der Waals surface area (Å²) in [6.45, 7) is 0.755. The summed E-state index contributed by atoms with van der Waals surface area (Å²) in [7, 11) is 1.50. The summed E-state index contributed by atoms with van der Waals surface area (Å²) in [5.41, 5.74) is 3.94. The molecule has 0 aliphatic heterocycles. The monoisotopic (exact) mass is 295 g/mol. The van der Waals surface area contributed by atoms with Gasteiger partial charge in [-0.05, 0) is 29.8 Å². The van der Waals surface area contributed by atoms with Crippen molar-refractivity contribution in [3.05, 3.63) is 60.4 Å². The maximum Gasteiger partial charge on any atom is 0.250 e. The molecule has 0 saturated heterocycles. The molecule has 2 aromatic carbocycles. The lowest BCUT2D eigenvalue weighted by Gasteiger charge is -2.08. The van der Waals surface area contributed by atoms with Crippen LogP contribution in [0.5, 0.6) is 0 Å². The van der Waals surface area contributed by atoms with Crippen LogP contribution in [0.25, 0.3) is 11.0 Å². The number of imidazole rings is 1. The van der Waals surface area contributed by atoms with Crippen LogP contribution in [0.2, 0.25) is 0 Å². The van der Waals surface area contributed by atoms with Gasteiger partial charge < -0.3 is 14.6 Å². The molecule has 0 unspecified atom stereocenters. The molecule has 3 aromatic rings. The van der Waals surface area contributed by atoms with Gasteiger partial charge in [-0.15, -0.1) is 0 Å². The Labute approximate surface area is 128 Å². The lowest BCUT2D eigenvalue weighted by Crippen LogP contribution is -2.17. The van der Waals surface area contributed by atoms with Crippen LogP contribution in [0, 0.1) is 0 Å². The first-order valence-corrected chi connectivity index (χ1v) is 7.04. The molecular weight excluding hydrogens is 278 g/mol. The number of nitrogens with zero attached hydrogens (tertiary/aromatic N) is 2. The van der Waals surface area contributed by atoms with Crippen molar-refractivity contribution in [1.82, 2.24) is 9.55 Å². The second-order valence-corrected chi connectivity index (χ2v) is 5.04. The Kier molecular flexibility index (Phi) is 4.16. The predicted octanol–water partition coefficient (Wildman–Crippen LogP) is 2.67. The summed E-state index contributed by atoms with van der Waals surface area (Å²) in [4.78, 5) is 16.0. The highest BCUT2D eigenvalue weighted by atomic mass is 16.5. The number of nitrogens with one attached hydrogen (secondary N) is 1. The Balaban J connectivity index is 1.79. The number of amides is 1. The number of aromatic nitrogens is 2. The van der Waals surface area contributed by atoms with Gasteiger partial charge in [-0.3, -0.25) is 4.79 Å². The minimum atomic E-state index is -0.160. The quantitative estimate of drug-likeness (QED) is 0.787. The van der Waals surface area contributed by atoms with Gasteiger partial charge in [0.15, 0.2) is 0 Å². The number of para-hydroxylation sites is 2. The van der Waals surface area contributed by atoms with E-state index in [0.717, 1.165) is 22.3 Å². The minimum absolute atomic E-state index is 0.0520. The van der Waals surface area contributed by atoms with E-state index >= 15 is 0 Å². The van der Waals surface area contributed by atoms with Gasteiger partial charge in [0.2, 0.25) is 5.91 Å². The number of carbonyl (C=O) groups is 1. The van der Waals surface area contributed by atoms with Crippen molar-refractivity contribution in [3.8, 4) is 0 Å². The van der Waals surface area contributed by atoms with Gasteiger partial charge in [-0.25, -0.2) is 4.98 Å². The van der Waals surface area contributed by atoms with Gasteiger partial charge in [0.25, 0.3) is 0 Å². The van der Waals surface area contributed by atoms with E-state index in [4.69, 9.17) is 4.74 Å². The Morgan fingerprint density at radius 2 is 2.09 bits per heavy atom. The molecule has 5 heteroatoms. The summed E-state index contributed by atoms with van der Waals surface area (Å²) in [5.74, 6) is -0.160. The van der Waals surface area contributed by atoms with Crippen LogP contribution in [0.3, 0.4) is 0 Å². The number of rotatable bonds is 5. The number of fused-ring (bicyclic) bond motifs is 1. The number of hydrogen-bond donors (Lipinski definition) is 1. The highest BCUT2D eigenvalue weighted by molar-refractivity contribution is 5.91. The summed E-state index contributed by atoms with van der Waals surface area (Å²) >= 11 is 0. The summed E-state index contributed by atoms with van der Waals surface area (Å²) in [5, 5.41) is 2.81. The van der Waals surface area contributed by atoms with E-state index in [1.807, 2.05) is 54.9 Å². The molecule has 1 aromatic heterocycles. The van der Waals surface area contributed by atoms with Crippen LogP contribution >= 0.6 is 0 Å². The fraction of sp³-hybridized carbons (Fsp3) is 0.176. The maximum atomic E-state index is 11.6. The molecule has 0 aliphatic rings. The molecule has 0 spiro atoms. The van der Waals surface area contributed by atoms with Crippen molar-refractivity contribution < 1.29 is 9.53 Å². The maximum absolute atomic E-state index is 11.6. The number of benzene rings is 2. The van der Waals surface area contributed by atoms with Gasteiger partial charge in [0, 0.05) is 19.3 Å². The fourth-order valence-electron chi connectivity index (χ4n) is 2.41. The molecule has 0 bridgehead atoms. The van der Waals surface area contributed by atoms with Crippen molar-refractivity contribution in [1.29, 1.82) is 0 Å². The second kappa shape index (κ2) is 6.41. The number of methoxy groups -OCH3 is 1. The molecule has 3 rings (SSSR count). The zero-order chi connectivity index (χ0) is 15.4. The molecule has 1 N–H and O–H groups in total. The van der Waals surface area contributed by atoms with Gasteiger partial charge in [-0.1, -0.05) is 24.3 Å². The Morgan fingerprint density at radius 1 is 1.23 bits per heavy atom. The zero-order valence-corrected chi connectivity index (χ0v) is 12.3. The van der Waals surface area contributed by atoms with E-state index in [9.17, 15) is 4.79 Å². The predicted molar refractivity (Wildman–Crippen MR) is 85.8 cm³/mol. The van der Waals surface area contributed by atoms with Crippen LogP contribution in [-0.2, 0) is 16.1 Å². The Hall–Kier alpha value is -2.66. The standard InChI is InChI=1S/C17H17N3O2/c1-22-11-17(21)19-14-6-4-5-13(9-14)10-20-12-18-15-7-2-3-8-16(15)20/h2-9,12H,10-11H2,1H3,(H,19,21). The molecular formula is C17H17N3O2. The summed E-state index contributed by atoms with van der Waals surface area (Å²) < 4.78 is 6.90. The molecule has 0 radical (unpaired) electrons. The molecule has 1 amide bonds. The molecule has 5 nitrogen and oxygen atoms in total. The number of anilines is 1. The fourth-order valence-corrected chi connectivity index (χ4v) is 2.41. The van der Waals surface area contributed by atoms with Crippen molar-refractivity contribution >= 4 is 22.6 Å². The first-order chi connectivity index (χ1) is 10.8. The third kappa shape index (κ3) is 3.15. The molecule has 0 fully saturated rings. The topological polar surface area (TPSA) is 56.1 Å². The smallest absolute Gasteiger partial charge is 0.250 e. The highest BCUT2D eigenvalue weighted by Gasteiger charge is 2.05. The molecule has 0 saturated carbocycles. The summed E-state index contributed by atoms with van der Waals surface area (Å²) in [6.07, 6.45) is 1.83. The van der Waals surface area contributed by atoms with Crippen molar-refractivity contribution in [3.63, 3.8) is 0 Å². The Bertz CT molecular complexity index is 795. The SMILES string of the molecule is COCC(=O)Nc1cccc(Cn2cnc3ccccc32)c1. The van der Waals surface area contributed by atoms with Gasteiger partial charge in [0.1, 0.15) is 6.61 Å². The lowest BCUT2D eigenvalue weighted by molar-refractivity contribution is -0.119. The van der Waals surface area contributed by atoms with E-state index in [0.29, 0.717) is 6.54 Å². The lowest BCUT2D eigenvalue weighted by atomic mass is 10.2. The van der Waals surface area contributed by atoms with E-state index in [-0.39, 0.29) is 12.5 Å². The third-order valence-electron chi connectivity index (χ3n) is 3.37. The molecule has 112 valence electrons. The van der Waals surface area contributed by atoms with Crippen LogP contribution in [0.15, 0.2) is 54.9 Å². The first kappa shape index (κ1) is 14.3. The van der Waals surface area contributed by atoms with E-state index in [1.165, 1.54) is 7.11 Å². The molecule has 0 aliphatic carbocycles. The van der Waals surface area contributed by atoms with Gasteiger partial charge >= 0.3 is 0 Å². The summed E-state index contributed by atoms with van der Waals surface area (Å²) in [6, 6.07) is 15.8. The second-order valence-electron chi connectivity index (χ2n) is 5.04. The van der Waals surface area contributed by atoms with Gasteiger partial charge in [0.05, 0.1) is 17.4 Å². The number of ether oxygens (including phenoxy) is 1. The average Bonchev–Trinajstić information content (AvgIpc) is 2.91. The largest absolute Gasteiger partial charge is 0.375 e. The third-order valence-corrected chi connectivity index (χ3v) is 3.37. The van der Waals surface area contributed by atoms with Crippen LogP contribution in [0.1, 0.15) is 5.56 Å². The van der Waals surface area contributed by atoms with E-state index in [2.05, 4.69) is 14.9 Å². The van der Waals surface area contributed by atoms with Crippen LogP contribution in [0.4, 0.5) is 5.69 Å². The highest BCUT2D eigenvalue weighted by Crippen LogP contribution is 2.16. The van der Waals surface area contributed by atoms with Crippen LogP contribution in [-0.4, -0.2) is 29.2 Å². The normalized spacial score (nSPS) is 10.8. The first-order valence-electron chi connectivity index (χ1n) is 7.04. The number of hydrogen-bond acceptors (Lipinski definition) is 3. The van der Waals surface area contributed by atoms with Crippen molar-refractivity contribution in [2.75, 3.05) is 19.0 Å². The van der Waals surface area contributed by atoms with Crippen LogP contribution < -0.4 is 5.32 Å². The Morgan fingerprint density at radius 3 is 2.95 bits per heavy atom. The van der Waals surface area contributed by atoms with Crippen molar-refractivity contribution in [2.24, 2.45) is 0 Å². The molecule has 1 heterocycles. The number of carbonyl (C=O) groups excluding carboxylic acids is 1. The average molecular weight is 295 g/mol. The van der Waals surface area contributed by atoms with Gasteiger partial charge in [-0.2, -0.15) is 0 Å². The zero-order valence-electron chi connectivity index (χ0n) is 12.3. The molecule has 22 heavy (non-hydrogen) atoms.